The van der Waals surface area contributed by atoms with Crippen LogP contribution in [0.1, 0.15) is 23.2 Å². The Morgan fingerprint density at radius 1 is 1.29 bits per heavy atom. The Balaban J connectivity index is 1.73. The van der Waals surface area contributed by atoms with Crippen LogP contribution in [0.5, 0.6) is 0 Å². The molecule has 0 unspecified atom stereocenters. The maximum Gasteiger partial charge on any atom is 0.416 e. The lowest BCUT2D eigenvalue weighted by molar-refractivity contribution is -0.137. The summed E-state index contributed by atoms with van der Waals surface area (Å²) >= 11 is 0. The molecule has 3 nitrogen and oxygen atoms in total. The molecule has 0 atom stereocenters. The molecule has 0 radical (unpaired) electrons. The Morgan fingerprint density at radius 3 is 2.81 bits per heavy atom. The minimum absolute atomic E-state index is 0.128. The van der Waals surface area contributed by atoms with E-state index in [0.29, 0.717) is 6.07 Å². The van der Waals surface area contributed by atoms with E-state index >= 15 is 0 Å². The predicted molar refractivity (Wildman–Crippen MR) is 69.3 cm³/mol. The zero-order valence-corrected chi connectivity index (χ0v) is 11.0. The van der Waals surface area contributed by atoms with Gasteiger partial charge in [-0.2, -0.15) is 18.3 Å². The Bertz CT molecular complexity index is 661. The monoisotopic (exact) mass is 299 g/mol. The fourth-order valence-electron chi connectivity index (χ4n) is 2.47. The number of nitrogens with zero attached hydrogens (tertiary/aromatic N) is 2. The lowest BCUT2D eigenvalue weighted by atomic mass is 10.1. The Labute approximate surface area is 118 Å². The van der Waals surface area contributed by atoms with E-state index in [4.69, 9.17) is 0 Å². The van der Waals surface area contributed by atoms with Crippen LogP contribution < -0.4 is 5.32 Å². The van der Waals surface area contributed by atoms with E-state index in [1.165, 1.54) is 0 Å². The van der Waals surface area contributed by atoms with E-state index in [1.54, 1.807) is 6.20 Å². The number of nitrogens with one attached hydrogen (secondary N) is 1. The molecule has 112 valence electrons. The summed E-state index contributed by atoms with van der Waals surface area (Å²) in [6, 6.07) is 2.58. The third-order valence-corrected chi connectivity index (χ3v) is 3.58. The maximum atomic E-state index is 13.7. The van der Waals surface area contributed by atoms with Gasteiger partial charge < -0.3 is 5.32 Å². The first-order chi connectivity index (χ1) is 9.95. The van der Waals surface area contributed by atoms with Gasteiger partial charge in [-0.15, -0.1) is 0 Å². The van der Waals surface area contributed by atoms with Crippen molar-refractivity contribution in [2.45, 2.75) is 32.1 Å². The van der Waals surface area contributed by atoms with E-state index < -0.39 is 17.6 Å². The second kappa shape index (κ2) is 5.05. The lowest BCUT2D eigenvalue weighted by Crippen LogP contribution is -2.08. The molecule has 1 aromatic heterocycles. The largest absolute Gasteiger partial charge is 0.416 e. The number of anilines is 1. The smallest absolute Gasteiger partial charge is 0.378 e. The SMILES string of the molecule is Fc1cc(C(F)(F)F)ccc1CNc1cnn2c1CCC2. The van der Waals surface area contributed by atoms with Crippen molar-refractivity contribution < 1.29 is 17.6 Å². The Morgan fingerprint density at radius 2 is 2.10 bits per heavy atom. The topological polar surface area (TPSA) is 29.9 Å². The predicted octanol–water partition coefficient (Wildman–Crippen LogP) is 3.60. The first kappa shape index (κ1) is 13.9. The number of rotatable bonds is 3. The van der Waals surface area contributed by atoms with Crippen LogP contribution in [-0.4, -0.2) is 9.78 Å². The highest BCUT2D eigenvalue weighted by Crippen LogP contribution is 2.30. The molecule has 0 saturated heterocycles. The average Bonchev–Trinajstić information content (AvgIpc) is 2.99. The van der Waals surface area contributed by atoms with Gasteiger partial charge >= 0.3 is 6.18 Å². The molecule has 0 spiro atoms. The van der Waals surface area contributed by atoms with Crippen LogP contribution in [0.3, 0.4) is 0 Å². The van der Waals surface area contributed by atoms with Crippen molar-refractivity contribution in [3.63, 3.8) is 0 Å². The van der Waals surface area contributed by atoms with Gasteiger partial charge in [0.15, 0.2) is 0 Å². The molecule has 0 saturated carbocycles. The summed E-state index contributed by atoms with van der Waals surface area (Å²) in [5.74, 6) is -0.860. The van der Waals surface area contributed by atoms with Crippen molar-refractivity contribution in [1.82, 2.24) is 9.78 Å². The average molecular weight is 299 g/mol. The van der Waals surface area contributed by atoms with Gasteiger partial charge in [-0.25, -0.2) is 4.39 Å². The summed E-state index contributed by atoms with van der Waals surface area (Å²) in [5.41, 5.74) is 1.09. The number of aryl methyl sites for hydroxylation is 1. The molecule has 0 fully saturated rings. The maximum absolute atomic E-state index is 13.7. The van der Waals surface area contributed by atoms with E-state index in [0.717, 1.165) is 42.9 Å². The van der Waals surface area contributed by atoms with Crippen molar-refractivity contribution in [3.8, 4) is 0 Å². The van der Waals surface area contributed by atoms with E-state index in [9.17, 15) is 17.6 Å². The quantitative estimate of drug-likeness (QED) is 0.878. The highest BCUT2D eigenvalue weighted by Gasteiger charge is 2.31. The molecule has 2 heterocycles. The summed E-state index contributed by atoms with van der Waals surface area (Å²) in [7, 11) is 0. The fraction of sp³-hybridized carbons (Fsp3) is 0.357. The van der Waals surface area contributed by atoms with Gasteiger partial charge in [0.1, 0.15) is 5.82 Å². The van der Waals surface area contributed by atoms with Gasteiger partial charge in [0.05, 0.1) is 23.1 Å². The molecule has 0 aliphatic carbocycles. The van der Waals surface area contributed by atoms with Crippen LogP contribution in [0.2, 0.25) is 0 Å². The minimum Gasteiger partial charge on any atom is -0.378 e. The van der Waals surface area contributed by atoms with Crippen LogP contribution in [0.15, 0.2) is 24.4 Å². The second-order valence-electron chi connectivity index (χ2n) is 4.99. The van der Waals surface area contributed by atoms with Gasteiger partial charge in [-0.1, -0.05) is 6.07 Å². The summed E-state index contributed by atoms with van der Waals surface area (Å²) in [6.45, 7) is 0.994. The number of hydrogen-bond acceptors (Lipinski definition) is 2. The zero-order chi connectivity index (χ0) is 15.0. The summed E-state index contributed by atoms with van der Waals surface area (Å²) in [6.07, 6.45) is -0.944. The lowest BCUT2D eigenvalue weighted by Gasteiger charge is -2.10. The molecule has 0 bridgehead atoms. The number of benzene rings is 1. The second-order valence-corrected chi connectivity index (χ2v) is 4.99. The van der Waals surface area contributed by atoms with Crippen LogP contribution in [0.25, 0.3) is 0 Å². The van der Waals surface area contributed by atoms with Crippen molar-refractivity contribution in [2.75, 3.05) is 5.32 Å². The summed E-state index contributed by atoms with van der Waals surface area (Å²) in [5, 5.41) is 7.23. The van der Waals surface area contributed by atoms with Crippen LogP contribution in [-0.2, 0) is 25.7 Å². The fourth-order valence-corrected chi connectivity index (χ4v) is 2.47. The number of hydrogen-bond donors (Lipinski definition) is 1. The molecular weight excluding hydrogens is 286 g/mol. The Kier molecular flexibility index (Phi) is 3.35. The van der Waals surface area contributed by atoms with E-state index in [1.807, 2.05) is 4.68 Å². The summed E-state index contributed by atoms with van der Waals surface area (Å²) in [4.78, 5) is 0. The number of aromatic nitrogens is 2. The third-order valence-electron chi connectivity index (χ3n) is 3.58. The highest BCUT2D eigenvalue weighted by atomic mass is 19.4. The van der Waals surface area contributed by atoms with Crippen molar-refractivity contribution >= 4 is 5.69 Å². The zero-order valence-electron chi connectivity index (χ0n) is 11.0. The molecule has 1 N–H and O–H groups in total. The molecule has 0 amide bonds. The number of halogens is 4. The van der Waals surface area contributed by atoms with Gasteiger partial charge in [0, 0.05) is 18.7 Å². The van der Waals surface area contributed by atoms with Gasteiger partial charge in [0.25, 0.3) is 0 Å². The van der Waals surface area contributed by atoms with Gasteiger partial charge in [-0.3, -0.25) is 4.68 Å². The normalized spacial score (nSPS) is 14.3. The molecule has 21 heavy (non-hydrogen) atoms. The van der Waals surface area contributed by atoms with Crippen LogP contribution in [0, 0.1) is 5.82 Å². The minimum atomic E-state index is -4.53. The van der Waals surface area contributed by atoms with Gasteiger partial charge in [0.2, 0.25) is 0 Å². The summed E-state index contributed by atoms with van der Waals surface area (Å²) < 4.78 is 53.0. The molecule has 2 aromatic rings. The van der Waals surface area contributed by atoms with Gasteiger partial charge in [-0.05, 0) is 25.0 Å². The van der Waals surface area contributed by atoms with Crippen molar-refractivity contribution in [3.05, 3.63) is 47.0 Å². The van der Waals surface area contributed by atoms with E-state index in [2.05, 4.69) is 10.4 Å². The van der Waals surface area contributed by atoms with E-state index in [-0.39, 0.29) is 12.1 Å². The number of alkyl halides is 3. The molecule has 3 rings (SSSR count). The van der Waals surface area contributed by atoms with Crippen molar-refractivity contribution in [2.24, 2.45) is 0 Å². The first-order valence-electron chi connectivity index (χ1n) is 6.59. The standard InChI is InChI=1S/C14H13F4N3/c15-11-6-10(14(16,17)18)4-3-9(11)7-19-12-8-20-21-5-1-2-13(12)21/h3-4,6,8,19H,1-2,5,7H2. The van der Waals surface area contributed by atoms with Crippen LogP contribution >= 0.6 is 0 Å². The highest BCUT2D eigenvalue weighted by molar-refractivity contribution is 5.48. The molecule has 1 aliphatic rings. The molecule has 7 heteroatoms. The van der Waals surface area contributed by atoms with Crippen molar-refractivity contribution in [1.29, 1.82) is 0 Å². The van der Waals surface area contributed by atoms with Crippen LogP contribution in [0.4, 0.5) is 23.2 Å². The first-order valence-corrected chi connectivity index (χ1v) is 6.59. The number of fused-ring (bicyclic) bond motifs is 1. The third kappa shape index (κ3) is 2.72. The molecule has 1 aliphatic heterocycles. The Hall–Kier alpha value is -2.05. The molecule has 1 aromatic carbocycles. The molecular formula is C14H13F4N3.